The van der Waals surface area contributed by atoms with Gasteiger partial charge >= 0.3 is 0 Å². The maximum Gasteiger partial charge on any atom is 0.300 e. The molecule has 0 saturated carbocycles. The molecule has 1 aliphatic rings. The van der Waals surface area contributed by atoms with Gasteiger partial charge in [-0.2, -0.15) is 0 Å². The van der Waals surface area contributed by atoms with Gasteiger partial charge in [-0.1, -0.05) is 23.7 Å². The van der Waals surface area contributed by atoms with E-state index in [1.165, 1.54) is 18.1 Å². The molecule has 4 rings (SSSR count). The van der Waals surface area contributed by atoms with E-state index in [0.29, 0.717) is 33.5 Å². The number of hydrogen-bond donors (Lipinski definition) is 1. The van der Waals surface area contributed by atoms with Crippen molar-refractivity contribution in [3.05, 3.63) is 88.5 Å². The molecule has 1 atom stereocenters. The third-order valence-corrected chi connectivity index (χ3v) is 6.01. The smallest absolute Gasteiger partial charge is 0.300 e. The molecule has 1 N–H and O–H groups in total. The normalized spacial score (nSPS) is 16.9. The molecule has 1 fully saturated rings. The topological polar surface area (TPSA) is 85.3 Å². The third-order valence-electron chi connectivity index (χ3n) is 5.78. The van der Waals surface area contributed by atoms with E-state index in [-0.39, 0.29) is 23.0 Å². The second kappa shape index (κ2) is 10.3. The number of aliphatic hydroxyl groups excluding tert-OH is 1. The molecule has 0 radical (unpaired) electrons. The summed E-state index contributed by atoms with van der Waals surface area (Å²) in [4.78, 5) is 28.1. The number of aliphatic hydroxyl groups is 1. The number of halogens is 1. The Labute approximate surface area is 214 Å². The first kappa shape index (κ1) is 25.1. The summed E-state index contributed by atoms with van der Waals surface area (Å²) in [5.74, 6) is -0.409. The zero-order valence-electron chi connectivity index (χ0n) is 20.3. The van der Waals surface area contributed by atoms with Crippen LogP contribution in [-0.2, 0) is 9.59 Å². The van der Waals surface area contributed by atoms with Gasteiger partial charge in [0.25, 0.3) is 11.7 Å². The number of amides is 1. The first-order valence-electron chi connectivity index (χ1n) is 11.3. The summed E-state index contributed by atoms with van der Waals surface area (Å²) in [6, 6.07) is 17.6. The fourth-order valence-electron chi connectivity index (χ4n) is 4.17. The predicted octanol–water partition coefficient (Wildman–Crippen LogP) is 5.77. The minimum atomic E-state index is -0.907. The van der Waals surface area contributed by atoms with Crippen LogP contribution in [0.2, 0.25) is 5.02 Å². The summed E-state index contributed by atoms with van der Waals surface area (Å²) in [6.07, 6.45) is -0.0175. The molecule has 0 aromatic heterocycles. The van der Waals surface area contributed by atoms with Crippen molar-refractivity contribution >= 4 is 34.7 Å². The van der Waals surface area contributed by atoms with Crippen LogP contribution < -0.4 is 19.1 Å². The van der Waals surface area contributed by atoms with Gasteiger partial charge in [0.05, 0.1) is 37.5 Å². The molecule has 1 unspecified atom stereocenters. The maximum absolute atomic E-state index is 13.4. The summed E-state index contributed by atoms with van der Waals surface area (Å²) in [7, 11) is 2.99. The van der Waals surface area contributed by atoms with Crippen molar-refractivity contribution in [2.75, 3.05) is 19.1 Å². The standard InChI is InChI=1S/C28H26ClNO6/c1-16(2)36-21-10-5-17(6-11-21)25-24(26(31)22-15-18(29)7-14-23(22)35-4)27(32)28(33)30(25)19-8-12-20(34-3)13-9-19/h5-16,25,31H,1-4H3/b26-24+. The molecule has 8 heteroatoms. The van der Waals surface area contributed by atoms with Crippen molar-refractivity contribution in [3.63, 3.8) is 0 Å². The van der Waals surface area contributed by atoms with E-state index in [4.69, 9.17) is 25.8 Å². The van der Waals surface area contributed by atoms with Crippen LogP contribution in [0.15, 0.2) is 72.3 Å². The molecule has 1 heterocycles. The Morgan fingerprint density at radius 3 is 2.14 bits per heavy atom. The number of hydrogen-bond acceptors (Lipinski definition) is 6. The number of carbonyl (C=O) groups is 2. The van der Waals surface area contributed by atoms with Gasteiger partial charge in [-0.05, 0) is 74.0 Å². The number of anilines is 1. The third kappa shape index (κ3) is 4.75. The first-order valence-corrected chi connectivity index (χ1v) is 11.7. The lowest BCUT2D eigenvalue weighted by atomic mass is 9.94. The molecule has 1 aliphatic heterocycles. The van der Waals surface area contributed by atoms with E-state index in [1.807, 2.05) is 13.8 Å². The Morgan fingerprint density at radius 2 is 1.56 bits per heavy atom. The summed E-state index contributed by atoms with van der Waals surface area (Å²) in [6.45, 7) is 3.84. The van der Waals surface area contributed by atoms with Crippen LogP contribution >= 0.6 is 11.6 Å². The Morgan fingerprint density at radius 1 is 0.917 bits per heavy atom. The van der Waals surface area contributed by atoms with Gasteiger partial charge in [0.2, 0.25) is 0 Å². The fourth-order valence-corrected chi connectivity index (χ4v) is 4.34. The molecule has 7 nitrogen and oxygen atoms in total. The van der Waals surface area contributed by atoms with Gasteiger partial charge in [0.1, 0.15) is 23.0 Å². The lowest BCUT2D eigenvalue weighted by molar-refractivity contribution is -0.132. The van der Waals surface area contributed by atoms with Crippen molar-refractivity contribution in [2.45, 2.75) is 26.0 Å². The predicted molar refractivity (Wildman–Crippen MR) is 138 cm³/mol. The number of nitrogens with zero attached hydrogens (tertiary/aromatic N) is 1. The van der Waals surface area contributed by atoms with Gasteiger partial charge < -0.3 is 19.3 Å². The van der Waals surface area contributed by atoms with Crippen molar-refractivity contribution in [3.8, 4) is 17.2 Å². The van der Waals surface area contributed by atoms with Gasteiger partial charge in [0.15, 0.2) is 0 Å². The highest BCUT2D eigenvalue weighted by Gasteiger charge is 2.47. The van der Waals surface area contributed by atoms with Crippen LogP contribution in [-0.4, -0.2) is 37.1 Å². The highest BCUT2D eigenvalue weighted by molar-refractivity contribution is 6.51. The molecule has 1 saturated heterocycles. The Kier molecular flexibility index (Phi) is 7.22. The van der Waals surface area contributed by atoms with Crippen LogP contribution in [0.4, 0.5) is 5.69 Å². The largest absolute Gasteiger partial charge is 0.507 e. The van der Waals surface area contributed by atoms with Gasteiger partial charge in [-0.3, -0.25) is 14.5 Å². The molecule has 1 amide bonds. The van der Waals surface area contributed by atoms with E-state index >= 15 is 0 Å². The zero-order valence-corrected chi connectivity index (χ0v) is 21.1. The first-order chi connectivity index (χ1) is 17.2. The maximum atomic E-state index is 13.4. The highest BCUT2D eigenvalue weighted by atomic mass is 35.5. The molecular formula is C28H26ClNO6. The summed E-state index contributed by atoms with van der Waals surface area (Å²) in [5, 5.41) is 11.7. The molecule has 0 aliphatic carbocycles. The number of carbonyl (C=O) groups excluding carboxylic acids is 2. The van der Waals surface area contributed by atoms with Crippen LogP contribution in [0, 0.1) is 0 Å². The van der Waals surface area contributed by atoms with Crippen molar-refractivity contribution < 1.29 is 28.9 Å². The SMILES string of the molecule is COc1ccc(N2C(=O)C(=O)/C(=C(/O)c3cc(Cl)ccc3OC)C2c2ccc(OC(C)C)cc2)cc1. The number of benzene rings is 3. The van der Waals surface area contributed by atoms with Crippen LogP contribution in [0.25, 0.3) is 5.76 Å². The number of rotatable bonds is 7. The van der Waals surface area contributed by atoms with Crippen molar-refractivity contribution in [2.24, 2.45) is 0 Å². The molecule has 3 aromatic rings. The number of ketones is 1. The molecule has 186 valence electrons. The Balaban J connectivity index is 1.92. The van der Waals surface area contributed by atoms with Crippen molar-refractivity contribution in [1.29, 1.82) is 0 Å². The zero-order chi connectivity index (χ0) is 26.0. The lowest BCUT2D eigenvalue weighted by Gasteiger charge is -2.26. The van der Waals surface area contributed by atoms with Gasteiger partial charge in [-0.25, -0.2) is 0 Å². The van der Waals surface area contributed by atoms with Crippen LogP contribution in [0.3, 0.4) is 0 Å². The van der Waals surface area contributed by atoms with Gasteiger partial charge in [-0.15, -0.1) is 0 Å². The number of methoxy groups -OCH3 is 2. The summed E-state index contributed by atoms with van der Waals surface area (Å²) < 4.78 is 16.4. The van der Waals surface area contributed by atoms with Crippen molar-refractivity contribution in [1.82, 2.24) is 0 Å². The van der Waals surface area contributed by atoms with E-state index in [0.717, 1.165) is 0 Å². The minimum absolute atomic E-state index is 0.0175. The quantitative estimate of drug-likeness (QED) is 0.248. The summed E-state index contributed by atoms with van der Waals surface area (Å²) >= 11 is 6.18. The second-order valence-electron chi connectivity index (χ2n) is 8.45. The molecule has 0 bridgehead atoms. The second-order valence-corrected chi connectivity index (χ2v) is 8.88. The Bertz CT molecular complexity index is 1310. The number of ether oxygens (including phenoxy) is 3. The average Bonchev–Trinajstić information content (AvgIpc) is 3.14. The van der Waals surface area contributed by atoms with E-state index in [2.05, 4.69) is 0 Å². The minimum Gasteiger partial charge on any atom is -0.507 e. The van der Waals surface area contributed by atoms with Gasteiger partial charge in [0, 0.05) is 10.7 Å². The molecule has 3 aromatic carbocycles. The number of Topliss-reactive ketones (excluding diaryl/α,β-unsaturated/α-hetero) is 1. The lowest BCUT2D eigenvalue weighted by Crippen LogP contribution is -2.29. The van der Waals surface area contributed by atoms with E-state index in [1.54, 1.807) is 67.8 Å². The highest BCUT2D eigenvalue weighted by Crippen LogP contribution is 2.44. The Hall–Kier alpha value is -3.97. The average molecular weight is 508 g/mol. The van der Waals surface area contributed by atoms with E-state index in [9.17, 15) is 14.7 Å². The monoisotopic (exact) mass is 507 g/mol. The van der Waals surface area contributed by atoms with Crippen LogP contribution in [0.1, 0.15) is 31.0 Å². The molecule has 36 heavy (non-hydrogen) atoms. The van der Waals surface area contributed by atoms with Crippen LogP contribution in [0.5, 0.6) is 17.2 Å². The fraction of sp³-hybridized carbons (Fsp3) is 0.214. The molecular weight excluding hydrogens is 482 g/mol. The summed E-state index contributed by atoms with van der Waals surface area (Å²) in [5.41, 5.74) is 1.22. The molecule has 0 spiro atoms. The van der Waals surface area contributed by atoms with E-state index < -0.39 is 17.7 Å².